The van der Waals surface area contributed by atoms with Crippen molar-refractivity contribution in [2.45, 2.75) is 97.2 Å². The van der Waals surface area contributed by atoms with Crippen LogP contribution in [0.4, 0.5) is 0 Å². The molecule has 3 rings (SSSR count). The first kappa shape index (κ1) is 34.4. The van der Waals surface area contributed by atoms with Crippen LogP contribution >= 0.6 is 19.4 Å². The summed E-state index contributed by atoms with van der Waals surface area (Å²) in [6.07, 6.45) is 4.97. The van der Waals surface area contributed by atoms with Crippen molar-refractivity contribution in [3.05, 3.63) is 28.3 Å². The number of aliphatic imine (C=N–C) groups is 1. The molecule has 1 aromatic heterocycles. The van der Waals surface area contributed by atoms with Gasteiger partial charge in [-0.05, 0) is 72.6 Å². The number of nitrogens with one attached hydrogen (secondary N) is 1. The number of unbranched alkanes of at least 4 members (excludes halogenated alkanes) is 1. The molecular weight excluding hydrogens is 581 g/mol. The van der Waals surface area contributed by atoms with Crippen molar-refractivity contribution < 1.29 is 32.4 Å². The van der Waals surface area contributed by atoms with Gasteiger partial charge in [-0.25, -0.2) is 4.79 Å². The molecule has 2 heterocycles. The predicted molar refractivity (Wildman–Crippen MR) is 166 cm³/mol. The molecule has 0 saturated heterocycles. The van der Waals surface area contributed by atoms with Gasteiger partial charge in [-0.2, -0.15) is 0 Å². The van der Waals surface area contributed by atoms with E-state index < -0.39 is 30.4 Å². The minimum Gasteiger partial charge on any atom is -0.493 e. The summed E-state index contributed by atoms with van der Waals surface area (Å²) in [5, 5.41) is 7.85. The maximum absolute atomic E-state index is 13.4. The SMILES string of the molecule is CCC[C@@H](NC(=O)[C@]1(C)CSC(/C(C)=N/OCCCCOP(C)(=O)OC(C)(C)C)=N1)c1cc(OCC2CC2)cc(=O)o1. The molecule has 236 valence electrons. The molecule has 0 radical (unpaired) electrons. The van der Waals surface area contributed by atoms with Gasteiger partial charge in [0, 0.05) is 18.5 Å². The fourth-order valence-corrected chi connectivity index (χ4v) is 6.75. The molecule has 13 heteroatoms. The molecule has 1 aromatic rings. The Bertz CT molecular complexity index is 1240. The average Bonchev–Trinajstić information content (AvgIpc) is 3.63. The molecule has 42 heavy (non-hydrogen) atoms. The Morgan fingerprint density at radius 3 is 2.67 bits per heavy atom. The second-order valence-electron chi connectivity index (χ2n) is 12.1. The van der Waals surface area contributed by atoms with Crippen LogP contribution in [0.3, 0.4) is 0 Å². The summed E-state index contributed by atoms with van der Waals surface area (Å²) < 4.78 is 34.5. The number of nitrogens with zero attached hydrogens (tertiary/aromatic N) is 2. The number of hydrogen-bond acceptors (Lipinski definition) is 11. The molecule has 1 amide bonds. The first-order valence-corrected chi connectivity index (χ1v) is 17.6. The van der Waals surface area contributed by atoms with E-state index in [0.29, 0.717) is 73.0 Å². The lowest BCUT2D eigenvalue weighted by atomic mass is 10.0. The van der Waals surface area contributed by atoms with E-state index in [0.717, 1.165) is 19.3 Å². The summed E-state index contributed by atoms with van der Waals surface area (Å²) in [7, 11) is -3.10. The van der Waals surface area contributed by atoms with E-state index in [9.17, 15) is 14.2 Å². The molecular formula is C29H46N3O8PS. The predicted octanol–water partition coefficient (Wildman–Crippen LogP) is 6.12. The molecule has 0 aromatic carbocycles. The number of ether oxygens (including phenoxy) is 1. The number of carbonyl (C=O) groups excluding carboxylic acids is 1. The van der Waals surface area contributed by atoms with Crippen LogP contribution in [0.25, 0.3) is 0 Å². The molecule has 11 nitrogen and oxygen atoms in total. The summed E-state index contributed by atoms with van der Waals surface area (Å²) >= 11 is 1.44. The van der Waals surface area contributed by atoms with Gasteiger partial charge in [0.2, 0.25) is 5.91 Å². The Hall–Kier alpha value is -2.14. The number of amides is 1. The lowest BCUT2D eigenvalue weighted by Crippen LogP contribution is -2.45. The van der Waals surface area contributed by atoms with E-state index >= 15 is 0 Å². The summed E-state index contributed by atoms with van der Waals surface area (Å²) in [5.41, 5.74) is -1.47. The molecule has 1 aliphatic carbocycles. The van der Waals surface area contributed by atoms with Gasteiger partial charge >= 0.3 is 13.2 Å². The number of hydrogen-bond donors (Lipinski definition) is 1. The average molecular weight is 628 g/mol. The molecule has 1 aliphatic heterocycles. The smallest absolute Gasteiger partial charge is 0.339 e. The Labute approximate surface area is 253 Å². The van der Waals surface area contributed by atoms with Crippen LogP contribution in [-0.2, 0) is 23.2 Å². The van der Waals surface area contributed by atoms with Gasteiger partial charge in [-0.15, -0.1) is 11.8 Å². The highest BCUT2D eigenvalue weighted by Gasteiger charge is 2.40. The summed E-state index contributed by atoms with van der Waals surface area (Å²) in [5.74, 6) is 1.58. The fourth-order valence-electron chi connectivity index (χ4n) is 4.12. The first-order valence-electron chi connectivity index (χ1n) is 14.6. The van der Waals surface area contributed by atoms with E-state index in [1.165, 1.54) is 24.5 Å². The van der Waals surface area contributed by atoms with Crippen LogP contribution in [-0.4, -0.2) is 60.0 Å². The van der Waals surface area contributed by atoms with E-state index in [1.54, 1.807) is 19.9 Å². The first-order chi connectivity index (χ1) is 19.7. The van der Waals surface area contributed by atoms with E-state index in [2.05, 4.69) is 15.5 Å². The number of carbonyl (C=O) groups is 1. The zero-order valence-electron chi connectivity index (χ0n) is 25.9. The van der Waals surface area contributed by atoms with E-state index in [1.807, 2.05) is 27.7 Å². The molecule has 3 atom stereocenters. The van der Waals surface area contributed by atoms with Crippen LogP contribution in [0.5, 0.6) is 5.75 Å². The van der Waals surface area contributed by atoms with Gasteiger partial charge in [-0.3, -0.25) is 14.4 Å². The topological polar surface area (TPSA) is 138 Å². The maximum atomic E-state index is 13.4. The highest BCUT2D eigenvalue weighted by Crippen LogP contribution is 2.47. The number of thioether (sulfide) groups is 1. The van der Waals surface area contributed by atoms with Crippen molar-refractivity contribution in [1.29, 1.82) is 0 Å². The van der Waals surface area contributed by atoms with Gasteiger partial charge < -0.3 is 28.4 Å². The van der Waals surface area contributed by atoms with Crippen molar-refractivity contribution >= 4 is 36.0 Å². The third-order valence-electron chi connectivity index (χ3n) is 6.41. The maximum Gasteiger partial charge on any atom is 0.339 e. The monoisotopic (exact) mass is 627 g/mol. The normalized spacial score (nSPS) is 21.4. The third-order valence-corrected chi connectivity index (χ3v) is 9.30. The Kier molecular flexibility index (Phi) is 12.3. The second-order valence-corrected chi connectivity index (χ2v) is 15.0. The van der Waals surface area contributed by atoms with Gasteiger partial charge in [0.25, 0.3) is 0 Å². The minimum atomic E-state index is -3.10. The van der Waals surface area contributed by atoms with E-state index in [-0.39, 0.29) is 5.91 Å². The summed E-state index contributed by atoms with van der Waals surface area (Å²) in [6, 6.07) is 2.56. The van der Waals surface area contributed by atoms with Gasteiger partial charge in [0.1, 0.15) is 34.4 Å². The molecule has 0 spiro atoms. The number of oxime groups is 1. The standard InChI is InChI=1S/C29H46N3O8PS/c1-8-11-23(24-16-22(17-25(33)39-24)36-18-21-12-13-21)30-27(34)29(6)19-42-26(31-29)20(2)32-37-14-9-10-15-38-41(7,35)40-28(3,4)5/h16-17,21,23H,8-15,18-19H2,1-7H3,(H,30,34)/b32-20+/t23-,29+,41?/m1/s1. The Morgan fingerprint density at radius 2 is 2.00 bits per heavy atom. The largest absolute Gasteiger partial charge is 0.493 e. The van der Waals surface area contributed by atoms with Crippen molar-refractivity contribution in [2.75, 3.05) is 32.2 Å². The van der Waals surface area contributed by atoms with Crippen molar-refractivity contribution in [2.24, 2.45) is 16.1 Å². The molecule has 2 aliphatic rings. The molecule has 1 saturated carbocycles. The van der Waals surface area contributed by atoms with E-state index in [4.69, 9.17) is 23.0 Å². The van der Waals surface area contributed by atoms with Crippen LogP contribution in [0.2, 0.25) is 0 Å². The molecule has 1 unspecified atom stereocenters. The highest BCUT2D eigenvalue weighted by molar-refractivity contribution is 8.16. The second kappa shape index (κ2) is 15.0. The van der Waals surface area contributed by atoms with Crippen molar-refractivity contribution in [1.82, 2.24) is 5.32 Å². The lowest BCUT2D eigenvalue weighted by molar-refractivity contribution is -0.125. The summed E-state index contributed by atoms with van der Waals surface area (Å²) in [4.78, 5) is 35.7. The zero-order valence-corrected chi connectivity index (χ0v) is 27.6. The van der Waals surface area contributed by atoms with Crippen LogP contribution in [0.1, 0.15) is 91.9 Å². The van der Waals surface area contributed by atoms with Crippen LogP contribution in [0, 0.1) is 5.92 Å². The fraction of sp³-hybridized carbons (Fsp3) is 0.724. The van der Waals surface area contributed by atoms with Gasteiger partial charge in [0.15, 0.2) is 0 Å². The zero-order chi connectivity index (χ0) is 31.0. The van der Waals surface area contributed by atoms with Crippen molar-refractivity contribution in [3.63, 3.8) is 0 Å². The van der Waals surface area contributed by atoms with Crippen LogP contribution < -0.4 is 15.7 Å². The van der Waals surface area contributed by atoms with Crippen molar-refractivity contribution in [3.8, 4) is 5.75 Å². The molecule has 1 N–H and O–H groups in total. The minimum absolute atomic E-state index is 0.257. The number of rotatable bonds is 17. The molecule has 1 fully saturated rings. The molecule has 0 bridgehead atoms. The Morgan fingerprint density at radius 1 is 1.29 bits per heavy atom. The third kappa shape index (κ3) is 11.5. The Balaban J connectivity index is 1.51. The van der Waals surface area contributed by atoms with Crippen LogP contribution in [0.15, 0.2) is 31.5 Å². The van der Waals surface area contributed by atoms with Gasteiger partial charge in [-0.1, -0.05) is 18.5 Å². The highest BCUT2D eigenvalue weighted by atomic mass is 32.2. The van der Waals surface area contributed by atoms with Gasteiger partial charge in [0.05, 0.1) is 30.9 Å². The lowest BCUT2D eigenvalue weighted by Gasteiger charge is -2.24. The summed E-state index contributed by atoms with van der Waals surface area (Å²) in [6.45, 7) is 13.8. The quantitative estimate of drug-likeness (QED) is 0.0937.